The van der Waals surface area contributed by atoms with E-state index in [1.165, 1.54) is 10.8 Å². The van der Waals surface area contributed by atoms with Crippen LogP contribution in [-0.4, -0.2) is 34.6 Å². The van der Waals surface area contributed by atoms with E-state index >= 15 is 0 Å². The van der Waals surface area contributed by atoms with E-state index in [2.05, 4.69) is 9.71 Å². The molecule has 1 aliphatic carbocycles. The number of aliphatic hydroxyl groups is 1. The number of benzene rings is 1. The molecule has 9 heteroatoms. The van der Waals surface area contributed by atoms with Crippen molar-refractivity contribution in [1.82, 2.24) is 9.55 Å². The SMILES string of the molecule is CCCC1(CCC)OC(=O)C(C(c2cccc(NS(=O)(=O)c3nccn3C)c2)C2CC2)=C1O. The zero-order valence-corrected chi connectivity index (χ0v) is 20.1. The zero-order chi connectivity index (χ0) is 23.8. The molecule has 178 valence electrons. The second kappa shape index (κ2) is 8.85. The molecule has 0 bridgehead atoms. The first-order valence-electron chi connectivity index (χ1n) is 11.5. The summed E-state index contributed by atoms with van der Waals surface area (Å²) in [5.41, 5.74) is 0.518. The predicted octanol–water partition coefficient (Wildman–Crippen LogP) is 4.42. The average molecular weight is 474 g/mol. The van der Waals surface area contributed by atoms with Gasteiger partial charge in [0.25, 0.3) is 10.0 Å². The third kappa shape index (κ3) is 4.38. The van der Waals surface area contributed by atoms with Crippen molar-refractivity contribution in [3.05, 3.63) is 53.6 Å². The smallest absolute Gasteiger partial charge is 0.339 e. The second-order valence-corrected chi connectivity index (χ2v) is 10.6. The van der Waals surface area contributed by atoms with Gasteiger partial charge in [0, 0.05) is 31.0 Å². The number of hydrogen-bond acceptors (Lipinski definition) is 6. The van der Waals surface area contributed by atoms with Crippen molar-refractivity contribution in [3.8, 4) is 0 Å². The Labute approximate surface area is 194 Å². The lowest BCUT2D eigenvalue weighted by atomic mass is 9.82. The first-order chi connectivity index (χ1) is 15.7. The minimum atomic E-state index is -3.87. The number of carbonyl (C=O) groups excluding carboxylic acids is 1. The number of esters is 1. The summed E-state index contributed by atoms with van der Waals surface area (Å²) < 4.78 is 35.4. The third-order valence-corrected chi connectivity index (χ3v) is 7.80. The molecule has 1 unspecified atom stereocenters. The van der Waals surface area contributed by atoms with Crippen LogP contribution >= 0.6 is 0 Å². The van der Waals surface area contributed by atoms with E-state index in [1.807, 2.05) is 19.9 Å². The molecule has 2 heterocycles. The maximum Gasteiger partial charge on any atom is 0.339 e. The monoisotopic (exact) mass is 473 g/mol. The van der Waals surface area contributed by atoms with Gasteiger partial charge in [-0.25, -0.2) is 9.78 Å². The largest absolute Gasteiger partial charge is 0.507 e. The van der Waals surface area contributed by atoms with Crippen LogP contribution in [0.1, 0.15) is 63.9 Å². The number of aliphatic hydroxyl groups excluding tert-OH is 1. The van der Waals surface area contributed by atoms with Crippen LogP contribution in [0.15, 0.2) is 53.1 Å². The third-order valence-electron chi connectivity index (χ3n) is 6.42. The molecule has 0 radical (unpaired) electrons. The molecule has 1 atom stereocenters. The van der Waals surface area contributed by atoms with E-state index in [-0.39, 0.29) is 22.8 Å². The van der Waals surface area contributed by atoms with E-state index in [0.717, 1.165) is 31.2 Å². The summed E-state index contributed by atoms with van der Waals surface area (Å²) >= 11 is 0. The van der Waals surface area contributed by atoms with Gasteiger partial charge in [0.1, 0.15) is 5.76 Å². The molecule has 8 nitrogen and oxygen atoms in total. The number of aromatic nitrogens is 2. The second-order valence-electron chi connectivity index (χ2n) is 9.01. The van der Waals surface area contributed by atoms with Crippen molar-refractivity contribution in [3.63, 3.8) is 0 Å². The van der Waals surface area contributed by atoms with Crippen molar-refractivity contribution in [1.29, 1.82) is 0 Å². The summed E-state index contributed by atoms with van der Waals surface area (Å²) in [6.07, 6.45) is 7.57. The molecule has 1 aromatic carbocycles. The summed E-state index contributed by atoms with van der Waals surface area (Å²) in [6.45, 7) is 4.01. The maximum absolute atomic E-state index is 13.0. The molecular formula is C24H31N3O5S. The quantitative estimate of drug-likeness (QED) is 0.494. The Balaban J connectivity index is 1.71. The molecule has 1 fully saturated rings. The van der Waals surface area contributed by atoms with Gasteiger partial charge in [-0.05, 0) is 49.3 Å². The first-order valence-corrected chi connectivity index (χ1v) is 13.0. The Kier molecular flexibility index (Phi) is 6.26. The van der Waals surface area contributed by atoms with Gasteiger partial charge in [-0.1, -0.05) is 38.8 Å². The van der Waals surface area contributed by atoms with Gasteiger partial charge in [0.2, 0.25) is 5.16 Å². The normalized spacial score (nSPS) is 18.9. The standard InChI is InChI=1S/C24H31N3O5S/c1-4-11-24(12-5-2)21(28)20(22(29)32-24)19(16-9-10-16)17-7-6-8-18(15-17)26-33(30,31)23-25-13-14-27(23)3/h6-8,13-16,19,26,28H,4-5,9-12H2,1-3H3. The number of cyclic esters (lactones) is 1. The summed E-state index contributed by atoms with van der Waals surface area (Å²) in [6, 6.07) is 7.02. The fourth-order valence-corrected chi connectivity index (χ4v) is 6.05. The Morgan fingerprint density at radius 2 is 1.97 bits per heavy atom. The van der Waals surface area contributed by atoms with Gasteiger partial charge in [-0.15, -0.1) is 0 Å². The molecule has 0 saturated heterocycles. The minimum absolute atomic E-state index is 0.0482. The molecule has 2 aliphatic rings. The highest BCUT2D eigenvalue weighted by atomic mass is 32.2. The van der Waals surface area contributed by atoms with Crippen LogP contribution < -0.4 is 4.72 Å². The number of hydrogen-bond donors (Lipinski definition) is 2. The van der Waals surface area contributed by atoms with Crippen molar-refractivity contribution in [2.45, 2.75) is 69.0 Å². The number of nitrogens with zero attached hydrogens (tertiary/aromatic N) is 2. The predicted molar refractivity (Wildman–Crippen MR) is 124 cm³/mol. The minimum Gasteiger partial charge on any atom is -0.507 e. The van der Waals surface area contributed by atoms with E-state index in [0.29, 0.717) is 24.1 Å². The van der Waals surface area contributed by atoms with Gasteiger partial charge >= 0.3 is 5.97 Å². The summed E-state index contributed by atoms with van der Waals surface area (Å²) in [5, 5.41) is 11.2. The van der Waals surface area contributed by atoms with Crippen molar-refractivity contribution in [2.75, 3.05) is 4.72 Å². The topological polar surface area (TPSA) is 111 Å². The van der Waals surface area contributed by atoms with Crippen LogP contribution in [0.25, 0.3) is 0 Å². The van der Waals surface area contributed by atoms with E-state index in [4.69, 9.17) is 4.74 Å². The zero-order valence-electron chi connectivity index (χ0n) is 19.2. The van der Waals surface area contributed by atoms with E-state index in [1.54, 1.807) is 31.4 Å². The van der Waals surface area contributed by atoms with Gasteiger partial charge in [-0.2, -0.15) is 8.42 Å². The number of rotatable bonds is 10. The van der Waals surface area contributed by atoms with Gasteiger partial charge in [0.05, 0.1) is 5.57 Å². The van der Waals surface area contributed by atoms with Crippen molar-refractivity contribution in [2.24, 2.45) is 13.0 Å². The van der Waals surface area contributed by atoms with Crippen LogP contribution in [0.2, 0.25) is 0 Å². The fourth-order valence-electron chi connectivity index (χ4n) is 4.88. The number of carbonyl (C=O) groups is 1. The van der Waals surface area contributed by atoms with Crippen molar-refractivity contribution >= 4 is 21.7 Å². The fraction of sp³-hybridized carbons (Fsp3) is 0.500. The maximum atomic E-state index is 13.0. The lowest BCUT2D eigenvalue weighted by Gasteiger charge is -2.27. The Bertz CT molecular complexity index is 1170. The Hall–Kier alpha value is -2.81. The summed E-state index contributed by atoms with van der Waals surface area (Å²) in [7, 11) is -2.26. The first kappa shape index (κ1) is 23.4. The number of aryl methyl sites for hydroxylation is 1. The number of nitrogens with one attached hydrogen (secondary N) is 1. The van der Waals surface area contributed by atoms with Crippen molar-refractivity contribution < 1.29 is 23.1 Å². The van der Waals surface area contributed by atoms with Crippen LogP contribution in [0.4, 0.5) is 5.69 Å². The molecule has 33 heavy (non-hydrogen) atoms. The number of anilines is 1. The summed E-state index contributed by atoms with van der Waals surface area (Å²) in [4.78, 5) is 17.0. The molecule has 1 aromatic heterocycles. The van der Waals surface area contributed by atoms with Gasteiger partial charge < -0.3 is 14.4 Å². The Morgan fingerprint density at radius 1 is 1.27 bits per heavy atom. The van der Waals surface area contributed by atoms with Crippen LogP contribution in [0.3, 0.4) is 0 Å². The van der Waals surface area contributed by atoms with E-state index in [9.17, 15) is 18.3 Å². The molecule has 4 rings (SSSR count). The molecule has 2 aromatic rings. The lowest BCUT2D eigenvalue weighted by molar-refractivity contribution is -0.149. The van der Waals surface area contributed by atoms with E-state index < -0.39 is 21.6 Å². The van der Waals surface area contributed by atoms with Crippen LogP contribution in [0, 0.1) is 5.92 Å². The molecule has 1 saturated carbocycles. The highest BCUT2D eigenvalue weighted by Gasteiger charge is 2.51. The molecule has 1 aliphatic heterocycles. The Morgan fingerprint density at radius 3 is 2.55 bits per heavy atom. The molecule has 0 spiro atoms. The van der Waals surface area contributed by atoms with Crippen LogP contribution in [-0.2, 0) is 26.6 Å². The molecular weight excluding hydrogens is 442 g/mol. The highest BCUT2D eigenvalue weighted by molar-refractivity contribution is 7.92. The van der Waals surface area contributed by atoms with Gasteiger partial charge in [0.15, 0.2) is 5.60 Å². The highest BCUT2D eigenvalue weighted by Crippen LogP contribution is 2.52. The lowest BCUT2D eigenvalue weighted by Crippen LogP contribution is -2.31. The average Bonchev–Trinajstić information content (AvgIpc) is 3.44. The van der Waals surface area contributed by atoms with Crippen LogP contribution in [0.5, 0.6) is 0 Å². The number of sulfonamides is 1. The molecule has 2 N–H and O–H groups in total. The molecule has 0 amide bonds. The number of ether oxygens (including phenoxy) is 1. The van der Waals surface area contributed by atoms with Gasteiger partial charge in [-0.3, -0.25) is 4.72 Å². The number of imidazole rings is 1. The summed E-state index contributed by atoms with van der Waals surface area (Å²) in [5.74, 6) is -0.557.